The molecule has 0 aromatic heterocycles. The fourth-order valence-corrected chi connectivity index (χ4v) is 4.27. The van der Waals surface area contributed by atoms with Crippen LogP contribution in [0.5, 0.6) is 5.75 Å². The van der Waals surface area contributed by atoms with Gasteiger partial charge in [-0.05, 0) is 48.2 Å². The Morgan fingerprint density at radius 2 is 1.73 bits per heavy atom. The number of benzene rings is 2. The zero-order valence-corrected chi connectivity index (χ0v) is 18.8. The number of carbonyl (C=O) groups is 1. The number of amides is 1. The molecule has 0 unspecified atom stereocenters. The third kappa shape index (κ3) is 6.19. The number of hydrogen-bond donors (Lipinski definition) is 1. The number of sulfonamides is 1. The Morgan fingerprint density at radius 1 is 1.13 bits per heavy atom. The average molecular weight is 437 g/mol. The smallest absolute Gasteiger partial charge is 0.243 e. The van der Waals surface area contributed by atoms with E-state index in [-0.39, 0.29) is 24.3 Å². The van der Waals surface area contributed by atoms with Gasteiger partial charge in [-0.25, -0.2) is 12.8 Å². The average Bonchev–Trinajstić information content (AvgIpc) is 2.65. The molecule has 0 fully saturated rings. The molecule has 0 heterocycles. The molecule has 1 amide bonds. The van der Waals surface area contributed by atoms with E-state index in [2.05, 4.69) is 26.1 Å². The Labute approximate surface area is 178 Å². The lowest BCUT2D eigenvalue weighted by atomic mass is 9.86. The predicted molar refractivity (Wildman–Crippen MR) is 117 cm³/mol. The number of nitrogens with one attached hydrogen (secondary N) is 1. The summed E-state index contributed by atoms with van der Waals surface area (Å²) in [5.41, 5.74) is 1.20. The molecular weight excluding hydrogens is 407 g/mol. The fraction of sp³-hybridized carbons (Fsp3) is 0.409. The largest absolute Gasteiger partial charge is 0.491 e. The van der Waals surface area contributed by atoms with Gasteiger partial charge < -0.3 is 10.1 Å². The van der Waals surface area contributed by atoms with E-state index in [0.717, 1.165) is 34.0 Å². The maximum absolute atomic E-state index is 13.2. The molecule has 1 atom stereocenters. The van der Waals surface area contributed by atoms with Crippen molar-refractivity contribution in [2.75, 3.05) is 23.7 Å². The minimum atomic E-state index is -3.75. The molecule has 0 saturated carbocycles. The maximum atomic E-state index is 13.2. The van der Waals surface area contributed by atoms with Crippen LogP contribution in [0.2, 0.25) is 0 Å². The summed E-state index contributed by atoms with van der Waals surface area (Å²) in [6.45, 7) is 8.20. The van der Waals surface area contributed by atoms with Crippen molar-refractivity contribution in [1.29, 1.82) is 0 Å². The van der Waals surface area contributed by atoms with Crippen LogP contribution in [0, 0.1) is 5.82 Å². The summed E-state index contributed by atoms with van der Waals surface area (Å²) in [5, 5.41) is 2.70. The first kappa shape index (κ1) is 23.7. The normalized spacial score (nSPS) is 12.9. The predicted octanol–water partition coefficient (Wildman–Crippen LogP) is 3.47. The van der Waals surface area contributed by atoms with Crippen molar-refractivity contribution >= 4 is 21.6 Å². The number of para-hydroxylation sites is 1. The van der Waals surface area contributed by atoms with E-state index in [9.17, 15) is 17.6 Å². The first-order valence-electron chi connectivity index (χ1n) is 9.66. The molecule has 0 radical (unpaired) electrons. The molecule has 0 bridgehead atoms. The lowest BCUT2D eigenvalue weighted by molar-refractivity contribution is -0.121. The van der Waals surface area contributed by atoms with E-state index in [1.54, 1.807) is 0 Å². The van der Waals surface area contributed by atoms with E-state index < -0.39 is 27.8 Å². The molecule has 0 saturated heterocycles. The summed E-state index contributed by atoms with van der Waals surface area (Å²) in [4.78, 5) is 12.6. The number of hydrogen-bond acceptors (Lipinski definition) is 4. The lowest BCUT2D eigenvalue weighted by Gasteiger charge is -2.28. The number of rotatable bonds is 8. The topological polar surface area (TPSA) is 75.7 Å². The van der Waals surface area contributed by atoms with Crippen molar-refractivity contribution < 1.29 is 22.3 Å². The van der Waals surface area contributed by atoms with Crippen LogP contribution in [-0.4, -0.2) is 39.8 Å². The highest BCUT2D eigenvalue weighted by Gasteiger charge is 2.29. The highest BCUT2D eigenvalue weighted by Crippen LogP contribution is 2.30. The highest BCUT2D eigenvalue weighted by atomic mass is 32.2. The Balaban J connectivity index is 2.01. The second kappa shape index (κ2) is 9.47. The summed E-state index contributed by atoms with van der Waals surface area (Å²) in [7, 11) is -3.75. The van der Waals surface area contributed by atoms with Gasteiger partial charge in [-0.2, -0.15) is 0 Å². The van der Waals surface area contributed by atoms with Crippen molar-refractivity contribution in [3.63, 3.8) is 0 Å². The Hall–Kier alpha value is -2.61. The molecule has 8 heteroatoms. The zero-order valence-electron chi connectivity index (χ0n) is 18.0. The first-order chi connectivity index (χ1) is 13.9. The number of ether oxygens (including phenoxy) is 1. The van der Waals surface area contributed by atoms with Gasteiger partial charge in [0, 0.05) is 0 Å². The van der Waals surface area contributed by atoms with Gasteiger partial charge in [0.05, 0.1) is 18.5 Å². The van der Waals surface area contributed by atoms with Crippen LogP contribution < -0.4 is 14.4 Å². The molecule has 1 N–H and O–H groups in total. The molecule has 6 nitrogen and oxygen atoms in total. The van der Waals surface area contributed by atoms with Crippen LogP contribution in [0.3, 0.4) is 0 Å². The van der Waals surface area contributed by atoms with Crippen LogP contribution in [0.15, 0.2) is 48.5 Å². The third-order valence-electron chi connectivity index (χ3n) is 4.52. The Morgan fingerprint density at radius 3 is 2.30 bits per heavy atom. The Bertz CT molecular complexity index is 969. The first-order valence-corrected chi connectivity index (χ1v) is 11.5. The van der Waals surface area contributed by atoms with Gasteiger partial charge in [-0.1, -0.05) is 39.0 Å². The monoisotopic (exact) mass is 436 g/mol. The number of nitrogens with zero attached hydrogens (tertiary/aromatic N) is 1. The van der Waals surface area contributed by atoms with Gasteiger partial charge >= 0.3 is 0 Å². The van der Waals surface area contributed by atoms with Gasteiger partial charge in [0.25, 0.3) is 0 Å². The molecule has 30 heavy (non-hydrogen) atoms. The summed E-state index contributed by atoms with van der Waals surface area (Å²) in [6.07, 6.45) is 1.01. The third-order valence-corrected chi connectivity index (χ3v) is 5.77. The van der Waals surface area contributed by atoms with Crippen LogP contribution >= 0.6 is 0 Å². The lowest BCUT2D eigenvalue weighted by Crippen LogP contribution is -2.48. The summed E-state index contributed by atoms with van der Waals surface area (Å²) in [5.74, 6) is -0.217. The van der Waals surface area contributed by atoms with Gasteiger partial charge in [0.2, 0.25) is 15.9 Å². The molecule has 2 rings (SSSR count). The SMILES string of the molecule is C[C@@H](C(=O)NCCOc1ccccc1C(C)(C)C)N(c1ccc(F)cc1)S(C)(=O)=O. The van der Waals surface area contributed by atoms with Gasteiger partial charge in [-0.3, -0.25) is 9.10 Å². The standard InChI is InChI=1S/C22H29FN2O4S/c1-16(25(30(5,27)28)18-12-10-17(23)11-13-18)21(26)24-14-15-29-20-9-7-6-8-19(20)22(2,3)4/h6-13,16H,14-15H2,1-5H3,(H,24,26)/t16-/m0/s1. The number of carbonyl (C=O) groups excluding carboxylic acids is 1. The van der Waals surface area contributed by atoms with Gasteiger partial charge in [-0.15, -0.1) is 0 Å². The van der Waals surface area contributed by atoms with Crippen LogP contribution in [-0.2, 0) is 20.2 Å². The molecule has 2 aromatic rings. The molecule has 0 aliphatic rings. The van der Waals surface area contributed by atoms with Gasteiger partial charge in [0.15, 0.2) is 0 Å². The molecular formula is C22H29FN2O4S. The van der Waals surface area contributed by atoms with Crippen molar-refractivity contribution in [2.45, 2.75) is 39.2 Å². The summed E-state index contributed by atoms with van der Waals surface area (Å²) >= 11 is 0. The quantitative estimate of drug-likeness (QED) is 0.643. The van der Waals surface area contributed by atoms with Crippen LogP contribution in [0.25, 0.3) is 0 Å². The van der Waals surface area contributed by atoms with Crippen LogP contribution in [0.1, 0.15) is 33.3 Å². The minimum absolute atomic E-state index is 0.0838. The summed E-state index contributed by atoms with van der Waals surface area (Å²) in [6, 6.07) is 11.7. The minimum Gasteiger partial charge on any atom is -0.491 e. The van der Waals surface area contributed by atoms with E-state index >= 15 is 0 Å². The van der Waals surface area contributed by atoms with E-state index in [1.165, 1.54) is 19.1 Å². The fourth-order valence-electron chi connectivity index (χ4n) is 3.09. The molecule has 2 aromatic carbocycles. The highest BCUT2D eigenvalue weighted by molar-refractivity contribution is 7.92. The molecule has 0 aliphatic heterocycles. The van der Waals surface area contributed by atoms with E-state index in [4.69, 9.17) is 4.74 Å². The number of anilines is 1. The Kier molecular flexibility index (Phi) is 7.47. The van der Waals surface area contributed by atoms with Crippen LogP contribution in [0.4, 0.5) is 10.1 Å². The second-order valence-electron chi connectivity index (χ2n) is 8.10. The molecule has 164 valence electrons. The van der Waals surface area contributed by atoms with E-state index in [1.807, 2.05) is 24.3 Å². The van der Waals surface area contributed by atoms with Crippen molar-refractivity contribution in [3.8, 4) is 5.75 Å². The second-order valence-corrected chi connectivity index (χ2v) is 9.96. The molecule has 0 aliphatic carbocycles. The zero-order chi connectivity index (χ0) is 22.5. The van der Waals surface area contributed by atoms with E-state index in [0.29, 0.717) is 0 Å². The van der Waals surface area contributed by atoms with Crippen molar-refractivity contribution in [3.05, 3.63) is 59.9 Å². The van der Waals surface area contributed by atoms with Crippen molar-refractivity contribution in [2.24, 2.45) is 0 Å². The molecule has 0 spiro atoms. The summed E-state index contributed by atoms with van der Waals surface area (Å²) < 4.78 is 44.5. The number of halogens is 1. The maximum Gasteiger partial charge on any atom is 0.243 e. The van der Waals surface area contributed by atoms with Crippen molar-refractivity contribution in [1.82, 2.24) is 5.32 Å². The van der Waals surface area contributed by atoms with Gasteiger partial charge in [0.1, 0.15) is 24.2 Å².